The maximum atomic E-state index is 5.24. The standard InChI is InChI=1S/C14H18N2OS/c1-3-5-16-14(11-4-6-18-10-11)12-7-13(17-2)9-15-8-12/h4,6-10,14,16H,3,5H2,1-2H3. The molecule has 1 unspecified atom stereocenters. The molecule has 18 heavy (non-hydrogen) atoms. The van der Waals surface area contributed by atoms with Gasteiger partial charge in [0.1, 0.15) is 5.75 Å². The van der Waals surface area contributed by atoms with Crippen LogP contribution in [0.5, 0.6) is 5.75 Å². The van der Waals surface area contributed by atoms with E-state index in [9.17, 15) is 0 Å². The molecule has 0 aliphatic carbocycles. The molecule has 0 fully saturated rings. The number of aromatic nitrogens is 1. The number of thiophene rings is 1. The lowest BCUT2D eigenvalue weighted by molar-refractivity contribution is 0.411. The van der Waals surface area contributed by atoms with Crippen LogP contribution in [-0.2, 0) is 0 Å². The van der Waals surface area contributed by atoms with Gasteiger partial charge in [-0.05, 0) is 47.0 Å². The van der Waals surface area contributed by atoms with Gasteiger partial charge in [-0.25, -0.2) is 0 Å². The Morgan fingerprint density at radius 1 is 1.39 bits per heavy atom. The second-order valence-electron chi connectivity index (χ2n) is 4.10. The normalized spacial score (nSPS) is 12.3. The van der Waals surface area contributed by atoms with Crippen molar-refractivity contribution in [1.29, 1.82) is 0 Å². The lowest BCUT2D eigenvalue weighted by Crippen LogP contribution is -2.22. The molecule has 0 amide bonds. The van der Waals surface area contributed by atoms with Crippen LogP contribution in [0.25, 0.3) is 0 Å². The molecule has 1 atom stereocenters. The van der Waals surface area contributed by atoms with Gasteiger partial charge in [0.2, 0.25) is 0 Å². The highest BCUT2D eigenvalue weighted by Gasteiger charge is 2.14. The number of hydrogen-bond donors (Lipinski definition) is 1. The fourth-order valence-corrected chi connectivity index (χ4v) is 2.55. The molecule has 2 aromatic rings. The van der Waals surface area contributed by atoms with Gasteiger partial charge in [0.25, 0.3) is 0 Å². The van der Waals surface area contributed by atoms with Crippen molar-refractivity contribution >= 4 is 11.3 Å². The Bertz CT molecular complexity index is 470. The Labute approximate surface area is 112 Å². The summed E-state index contributed by atoms with van der Waals surface area (Å²) in [6.45, 7) is 3.15. The second kappa shape index (κ2) is 6.52. The number of pyridine rings is 1. The fraction of sp³-hybridized carbons (Fsp3) is 0.357. The molecule has 4 heteroatoms. The minimum atomic E-state index is 0.193. The number of rotatable bonds is 6. The third-order valence-corrected chi connectivity index (χ3v) is 3.48. The number of nitrogens with zero attached hydrogens (tertiary/aromatic N) is 1. The average Bonchev–Trinajstić information content (AvgIpc) is 2.93. The summed E-state index contributed by atoms with van der Waals surface area (Å²) < 4.78 is 5.24. The first-order valence-corrected chi connectivity index (χ1v) is 7.04. The second-order valence-corrected chi connectivity index (χ2v) is 4.88. The van der Waals surface area contributed by atoms with Gasteiger partial charge in [-0.1, -0.05) is 6.92 Å². The Kier molecular flexibility index (Phi) is 4.73. The van der Waals surface area contributed by atoms with E-state index in [0.717, 1.165) is 24.3 Å². The van der Waals surface area contributed by atoms with Crippen LogP contribution in [0.3, 0.4) is 0 Å². The summed E-state index contributed by atoms with van der Waals surface area (Å²) in [6, 6.07) is 4.38. The third kappa shape index (κ3) is 3.09. The summed E-state index contributed by atoms with van der Waals surface area (Å²) in [5.74, 6) is 0.797. The molecule has 0 radical (unpaired) electrons. The Balaban J connectivity index is 2.27. The molecule has 0 aliphatic rings. The van der Waals surface area contributed by atoms with Crippen LogP contribution in [0.4, 0.5) is 0 Å². The molecule has 2 rings (SSSR count). The van der Waals surface area contributed by atoms with Crippen molar-refractivity contribution < 1.29 is 4.74 Å². The van der Waals surface area contributed by atoms with E-state index in [-0.39, 0.29) is 6.04 Å². The van der Waals surface area contributed by atoms with Crippen molar-refractivity contribution in [1.82, 2.24) is 10.3 Å². The zero-order valence-electron chi connectivity index (χ0n) is 10.7. The predicted octanol–water partition coefficient (Wildman–Crippen LogP) is 3.24. The van der Waals surface area contributed by atoms with Crippen LogP contribution in [0.15, 0.2) is 35.3 Å². The molecule has 2 heterocycles. The lowest BCUT2D eigenvalue weighted by Gasteiger charge is -2.18. The Hall–Kier alpha value is -1.39. The number of ether oxygens (including phenoxy) is 1. The summed E-state index contributed by atoms with van der Waals surface area (Å²) in [6.07, 6.45) is 4.74. The fourth-order valence-electron chi connectivity index (χ4n) is 1.86. The maximum Gasteiger partial charge on any atom is 0.137 e. The minimum Gasteiger partial charge on any atom is -0.495 e. The monoisotopic (exact) mass is 262 g/mol. The van der Waals surface area contributed by atoms with Gasteiger partial charge in [0, 0.05) is 6.20 Å². The lowest BCUT2D eigenvalue weighted by atomic mass is 10.0. The first-order chi connectivity index (χ1) is 8.85. The van der Waals surface area contributed by atoms with Gasteiger partial charge in [-0.15, -0.1) is 0 Å². The zero-order valence-corrected chi connectivity index (χ0v) is 11.5. The van der Waals surface area contributed by atoms with Gasteiger partial charge in [-0.3, -0.25) is 4.98 Å². The minimum absolute atomic E-state index is 0.193. The summed E-state index contributed by atoms with van der Waals surface area (Å²) >= 11 is 1.71. The van der Waals surface area contributed by atoms with Crippen LogP contribution in [0.1, 0.15) is 30.5 Å². The molecule has 2 aromatic heterocycles. The predicted molar refractivity (Wildman–Crippen MR) is 75.2 cm³/mol. The van der Waals surface area contributed by atoms with Crippen LogP contribution in [0.2, 0.25) is 0 Å². The average molecular weight is 262 g/mol. The van der Waals surface area contributed by atoms with E-state index >= 15 is 0 Å². The third-order valence-electron chi connectivity index (χ3n) is 2.78. The van der Waals surface area contributed by atoms with Crippen LogP contribution in [0, 0.1) is 0 Å². The first kappa shape index (κ1) is 13.1. The van der Waals surface area contributed by atoms with E-state index in [2.05, 4.69) is 34.1 Å². The highest BCUT2D eigenvalue weighted by molar-refractivity contribution is 7.08. The molecule has 1 N–H and O–H groups in total. The topological polar surface area (TPSA) is 34.2 Å². The smallest absolute Gasteiger partial charge is 0.137 e. The summed E-state index contributed by atoms with van der Waals surface area (Å²) in [7, 11) is 1.67. The zero-order chi connectivity index (χ0) is 12.8. The molecule has 0 spiro atoms. The number of hydrogen-bond acceptors (Lipinski definition) is 4. The first-order valence-electron chi connectivity index (χ1n) is 6.09. The molecular formula is C14H18N2OS. The van der Waals surface area contributed by atoms with E-state index in [0.29, 0.717) is 0 Å². The van der Waals surface area contributed by atoms with Crippen LogP contribution in [-0.4, -0.2) is 18.6 Å². The molecule has 0 bridgehead atoms. The van der Waals surface area contributed by atoms with Gasteiger partial charge in [0.15, 0.2) is 0 Å². The van der Waals surface area contributed by atoms with Crippen molar-refractivity contribution in [2.75, 3.05) is 13.7 Å². The van der Waals surface area contributed by atoms with E-state index in [1.54, 1.807) is 24.6 Å². The van der Waals surface area contributed by atoms with Crippen molar-refractivity contribution in [3.63, 3.8) is 0 Å². The van der Waals surface area contributed by atoms with E-state index < -0.39 is 0 Å². The Morgan fingerprint density at radius 2 is 2.28 bits per heavy atom. The van der Waals surface area contributed by atoms with Crippen LogP contribution < -0.4 is 10.1 Å². The van der Waals surface area contributed by atoms with Crippen molar-refractivity contribution in [2.24, 2.45) is 0 Å². The van der Waals surface area contributed by atoms with E-state index in [4.69, 9.17) is 4.74 Å². The highest BCUT2D eigenvalue weighted by atomic mass is 32.1. The van der Waals surface area contributed by atoms with Crippen molar-refractivity contribution in [3.05, 3.63) is 46.4 Å². The van der Waals surface area contributed by atoms with Gasteiger partial charge in [0.05, 0.1) is 19.3 Å². The molecule has 0 saturated carbocycles. The van der Waals surface area contributed by atoms with Gasteiger partial charge >= 0.3 is 0 Å². The van der Waals surface area contributed by atoms with E-state index in [1.807, 2.05) is 12.3 Å². The summed E-state index contributed by atoms with van der Waals surface area (Å²) in [5, 5.41) is 7.82. The Morgan fingerprint density at radius 3 is 2.94 bits per heavy atom. The molecule has 3 nitrogen and oxygen atoms in total. The van der Waals surface area contributed by atoms with Gasteiger partial charge < -0.3 is 10.1 Å². The molecule has 0 aliphatic heterocycles. The number of nitrogens with one attached hydrogen (secondary N) is 1. The molecule has 0 saturated heterocycles. The van der Waals surface area contributed by atoms with Crippen LogP contribution >= 0.6 is 11.3 Å². The highest BCUT2D eigenvalue weighted by Crippen LogP contribution is 2.25. The van der Waals surface area contributed by atoms with Crippen molar-refractivity contribution in [3.8, 4) is 5.75 Å². The summed E-state index contributed by atoms with van der Waals surface area (Å²) in [5.41, 5.74) is 2.42. The molecular weight excluding hydrogens is 244 g/mol. The van der Waals surface area contributed by atoms with E-state index in [1.165, 1.54) is 5.56 Å². The van der Waals surface area contributed by atoms with Gasteiger partial charge in [-0.2, -0.15) is 11.3 Å². The van der Waals surface area contributed by atoms with Crippen molar-refractivity contribution in [2.45, 2.75) is 19.4 Å². The quantitative estimate of drug-likeness (QED) is 0.867. The summed E-state index contributed by atoms with van der Waals surface area (Å²) in [4.78, 5) is 4.23. The molecule has 0 aromatic carbocycles. The number of methoxy groups -OCH3 is 1. The maximum absolute atomic E-state index is 5.24. The molecule has 96 valence electrons. The SMILES string of the molecule is CCCNC(c1ccsc1)c1cncc(OC)c1. The largest absolute Gasteiger partial charge is 0.495 e.